The fourth-order valence-electron chi connectivity index (χ4n) is 4.30. The van der Waals surface area contributed by atoms with Gasteiger partial charge in [0.05, 0.1) is 0 Å². The highest BCUT2D eigenvalue weighted by Crippen LogP contribution is 2.33. The lowest BCUT2D eigenvalue weighted by atomic mass is 10.0. The molecule has 38 heavy (non-hydrogen) atoms. The van der Waals surface area contributed by atoms with E-state index in [0.717, 1.165) is 16.7 Å². The Morgan fingerprint density at radius 2 is 1.71 bits per heavy atom. The second kappa shape index (κ2) is 13.0. The Balaban J connectivity index is 1.61. The minimum atomic E-state index is -0.716. The van der Waals surface area contributed by atoms with Crippen LogP contribution in [-0.2, 0) is 29.0 Å². The Bertz CT molecular complexity index is 1270. The van der Waals surface area contributed by atoms with E-state index in [1.54, 1.807) is 23.1 Å². The van der Waals surface area contributed by atoms with E-state index in [-0.39, 0.29) is 37.5 Å². The van der Waals surface area contributed by atoms with Crippen molar-refractivity contribution in [1.29, 1.82) is 0 Å². The van der Waals surface area contributed by atoms with Crippen LogP contribution in [0.2, 0.25) is 10.0 Å². The first kappa shape index (κ1) is 27.8. The number of carbonyl (C=O) groups excluding carboxylic acids is 2. The largest absolute Gasteiger partial charge is 0.454 e. The Morgan fingerprint density at radius 1 is 0.947 bits per heavy atom. The number of aryl methyl sites for hydroxylation is 1. The fraction of sp³-hybridized carbons (Fsp3) is 0.333. The zero-order valence-electron chi connectivity index (χ0n) is 21.6. The molecule has 3 aromatic rings. The van der Waals surface area contributed by atoms with Crippen LogP contribution in [0, 0.1) is 5.92 Å². The fourth-order valence-corrected chi connectivity index (χ4v) is 4.77. The third-order valence-electron chi connectivity index (χ3n) is 6.38. The van der Waals surface area contributed by atoms with E-state index in [2.05, 4.69) is 5.32 Å². The van der Waals surface area contributed by atoms with Crippen molar-refractivity contribution in [3.63, 3.8) is 0 Å². The summed E-state index contributed by atoms with van der Waals surface area (Å²) in [5, 5.41) is 3.99. The summed E-state index contributed by atoms with van der Waals surface area (Å²) in [6.45, 7) is 4.97. The molecule has 0 saturated heterocycles. The quantitative estimate of drug-likeness (QED) is 0.312. The molecule has 1 aliphatic rings. The minimum absolute atomic E-state index is 0.144. The summed E-state index contributed by atoms with van der Waals surface area (Å²) in [7, 11) is 0. The topological polar surface area (TPSA) is 67.9 Å². The average Bonchev–Trinajstić information content (AvgIpc) is 3.37. The molecule has 0 unspecified atom stereocenters. The van der Waals surface area contributed by atoms with Crippen LogP contribution in [0.5, 0.6) is 11.5 Å². The van der Waals surface area contributed by atoms with E-state index >= 15 is 0 Å². The smallest absolute Gasteiger partial charge is 0.243 e. The summed E-state index contributed by atoms with van der Waals surface area (Å²) < 4.78 is 10.9. The van der Waals surface area contributed by atoms with Crippen molar-refractivity contribution in [1.82, 2.24) is 10.2 Å². The van der Waals surface area contributed by atoms with Crippen molar-refractivity contribution in [2.24, 2.45) is 5.92 Å². The van der Waals surface area contributed by atoms with Gasteiger partial charge in [0.25, 0.3) is 0 Å². The number of rotatable bonds is 11. The van der Waals surface area contributed by atoms with Crippen LogP contribution in [-0.4, -0.2) is 36.1 Å². The van der Waals surface area contributed by atoms with Gasteiger partial charge in [-0.05, 0) is 53.3 Å². The monoisotopic (exact) mass is 554 g/mol. The number of hydrogen-bond donors (Lipinski definition) is 1. The van der Waals surface area contributed by atoms with Crippen LogP contribution in [0.25, 0.3) is 0 Å². The van der Waals surface area contributed by atoms with Crippen LogP contribution >= 0.6 is 23.2 Å². The third-order valence-corrected chi connectivity index (χ3v) is 6.96. The number of fused-ring (bicyclic) bond motifs is 1. The van der Waals surface area contributed by atoms with Gasteiger partial charge in [-0.15, -0.1) is 0 Å². The molecule has 0 saturated carbocycles. The van der Waals surface area contributed by atoms with Gasteiger partial charge in [0.15, 0.2) is 11.5 Å². The molecular formula is C30H32Cl2N2O4. The summed E-state index contributed by atoms with van der Waals surface area (Å²) in [4.78, 5) is 29.0. The molecule has 0 radical (unpaired) electrons. The second-order valence-corrected chi connectivity index (χ2v) is 10.6. The number of hydrogen-bond acceptors (Lipinski definition) is 4. The Labute approximate surface area is 233 Å². The van der Waals surface area contributed by atoms with Crippen LogP contribution in [0.15, 0.2) is 66.7 Å². The van der Waals surface area contributed by atoms with Gasteiger partial charge in [0, 0.05) is 36.0 Å². The van der Waals surface area contributed by atoms with Gasteiger partial charge in [-0.2, -0.15) is 0 Å². The van der Waals surface area contributed by atoms with Crippen LogP contribution < -0.4 is 14.8 Å². The van der Waals surface area contributed by atoms with E-state index in [4.69, 9.17) is 32.7 Å². The molecule has 6 nitrogen and oxygen atoms in total. The van der Waals surface area contributed by atoms with Crippen molar-refractivity contribution in [2.75, 3.05) is 13.3 Å². The number of nitrogens with zero attached hydrogens (tertiary/aromatic N) is 1. The zero-order chi connectivity index (χ0) is 27.1. The summed E-state index contributed by atoms with van der Waals surface area (Å²) in [6, 6.07) is 19.9. The Morgan fingerprint density at radius 3 is 2.45 bits per heavy atom. The first-order valence-electron chi connectivity index (χ1n) is 12.7. The number of amides is 2. The molecule has 8 heteroatoms. The van der Waals surface area contributed by atoms with Crippen LogP contribution in [0.4, 0.5) is 0 Å². The van der Waals surface area contributed by atoms with E-state index in [0.29, 0.717) is 40.9 Å². The average molecular weight is 556 g/mol. The SMILES string of the molecule is CC(C)CNC(=O)[C@@H](Cc1ccccc1)N(Cc1ccc(Cl)cc1Cl)C(=O)CCc1ccc2c(c1)OCO2. The van der Waals surface area contributed by atoms with Gasteiger partial charge in [-0.1, -0.05) is 79.5 Å². The maximum absolute atomic E-state index is 13.8. The molecule has 1 N–H and O–H groups in total. The molecular weight excluding hydrogens is 523 g/mol. The number of ether oxygens (including phenoxy) is 2. The standard InChI is InChI=1S/C30H32Cl2N2O4/c1-20(2)17-33-30(36)26(14-21-6-4-3-5-7-21)34(18-23-10-11-24(31)16-25(23)32)29(35)13-9-22-8-12-27-28(15-22)38-19-37-27/h3-8,10-12,15-16,20,26H,9,13-14,17-19H2,1-2H3,(H,33,36)/t26-/m1/s1. The molecule has 0 bridgehead atoms. The molecule has 3 aromatic carbocycles. The van der Waals surface area contributed by atoms with Gasteiger partial charge >= 0.3 is 0 Å². The highest BCUT2D eigenvalue weighted by molar-refractivity contribution is 6.35. The van der Waals surface area contributed by atoms with Crippen molar-refractivity contribution >= 4 is 35.0 Å². The lowest BCUT2D eigenvalue weighted by Crippen LogP contribution is -2.51. The van der Waals surface area contributed by atoms with Crippen molar-refractivity contribution < 1.29 is 19.1 Å². The predicted octanol–water partition coefficient (Wildman–Crippen LogP) is 6.07. The van der Waals surface area contributed by atoms with E-state index < -0.39 is 6.04 Å². The molecule has 0 aliphatic carbocycles. The third kappa shape index (κ3) is 7.42. The van der Waals surface area contributed by atoms with Crippen LogP contribution in [0.1, 0.15) is 37.0 Å². The van der Waals surface area contributed by atoms with Gasteiger partial charge in [0.2, 0.25) is 18.6 Å². The molecule has 200 valence electrons. The molecule has 2 amide bonds. The summed E-state index contributed by atoms with van der Waals surface area (Å²) in [5.41, 5.74) is 2.64. The first-order valence-corrected chi connectivity index (χ1v) is 13.5. The summed E-state index contributed by atoms with van der Waals surface area (Å²) in [6.07, 6.45) is 1.09. The molecule has 0 aromatic heterocycles. The Kier molecular flexibility index (Phi) is 9.53. The van der Waals surface area contributed by atoms with Gasteiger partial charge in [-0.25, -0.2) is 0 Å². The molecule has 1 heterocycles. The maximum atomic E-state index is 13.8. The molecule has 0 fully saturated rings. The van der Waals surface area contributed by atoms with E-state index in [1.165, 1.54) is 0 Å². The van der Waals surface area contributed by atoms with Gasteiger partial charge < -0.3 is 19.7 Å². The van der Waals surface area contributed by atoms with Crippen molar-refractivity contribution in [2.45, 2.75) is 45.7 Å². The first-order chi connectivity index (χ1) is 18.3. The molecule has 1 aliphatic heterocycles. The number of benzene rings is 3. The number of carbonyl (C=O) groups is 2. The van der Waals surface area contributed by atoms with Crippen molar-refractivity contribution in [3.05, 3.63) is 93.5 Å². The molecule has 0 spiro atoms. The molecule has 1 atom stereocenters. The highest BCUT2D eigenvalue weighted by atomic mass is 35.5. The number of nitrogens with one attached hydrogen (secondary N) is 1. The lowest BCUT2D eigenvalue weighted by Gasteiger charge is -2.32. The van der Waals surface area contributed by atoms with Gasteiger partial charge in [-0.3, -0.25) is 9.59 Å². The highest BCUT2D eigenvalue weighted by Gasteiger charge is 2.31. The van der Waals surface area contributed by atoms with Gasteiger partial charge in [0.1, 0.15) is 6.04 Å². The van der Waals surface area contributed by atoms with Crippen molar-refractivity contribution in [3.8, 4) is 11.5 Å². The van der Waals surface area contributed by atoms with Crippen LogP contribution in [0.3, 0.4) is 0 Å². The minimum Gasteiger partial charge on any atom is -0.454 e. The van der Waals surface area contributed by atoms with E-state index in [9.17, 15) is 9.59 Å². The normalized spacial score (nSPS) is 12.9. The Hall–Kier alpha value is -3.22. The second-order valence-electron chi connectivity index (χ2n) is 9.79. The summed E-state index contributed by atoms with van der Waals surface area (Å²) >= 11 is 12.6. The summed E-state index contributed by atoms with van der Waals surface area (Å²) in [5.74, 6) is 1.31. The van der Waals surface area contributed by atoms with E-state index in [1.807, 2.05) is 62.4 Å². The predicted molar refractivity (Wildman–Crippen MR) is 150 cm³/mol. The molecule has 4 rings (SSSR count). The zero-order valence-corrected chi connectivity index (χ0v) is 23.1. The maximum Gasteiger partial charge on any atom is 0.243 e. The lowest BCUT2D eigenvalue weighted by molar-refractivity contribution is -0.141. The number of halogens is 2.